The van der Waals surface area contributed by atoms with Crippen molar-refractivity contribution in [3.8, 4) is 5.75 Å². The highest BCUT2D eigenvalue weighted by Crippen LogP contribution is 2.40. The van der Waals surface area contributed by atoms with E-state index in [0.29, 0.717) is 34.2 Å². The maximum Gasteiger partial charge on any atom is 0.454 e. The molecule has 0 saturated carbocycles. The maximum absolute atomic E-state index is 13.7. The fourth-order valence-corrected chi connectivity index (χ4v) is 3.91. The molecule has 192 valence electrons. The van der Waals surface area contributed by atoms with Gasteiger partial charge in [-0.25, -0.2) is 4.98 Å². The molecule has 0 bridgehead atoms. The highest BCUT2D eigenvalue weighted by atomic mass is 19.4. The van der Waals surface area contributed by atoms with Crippen LogP contribution in [0.4, 0.5) is 22.0 Å². The number of aryl methyl sites for hydroxylation is 1. The molecule has 1 aromatic carbocycles. The number of halogens is 5. The van der Waals surface area contributed by atoms with Crippen LogP contribution < -0.4 is 4.74 Å². The monoisotopic (exact) mass is 502 g/mol. The van der Waals surface area contributed by atoms with Gasteiger partial charge in [0.05, 0.1) is 18.8 Å². The number of hydrogen-bond donors (Lipinski definition) is 1. The molecular formula is C24H27F5N2O4. The minimum atomic E-state index is -5.77. The second-order valence-corrected chi connectivity index (χ2v) is 8.37. The zero-order valence-electron chi connectivity index (χ0n) is 19.4. The molecule has 35 heavy (non-hydrogen) atoms. The third kappa shape index (κ3) is 6.39. The van der Waals surface area contributed by atoms with Gasteiger partial charge in [-0.15, -0.1) is 0 Å². The molecule has 6 nitrogen and oxygen atoms in total. The van der Waals surface area contributed by atoms with Crippen molar-refractivity contribution in [2.75, 3.05) is 19.7 Å². The van der Waals surface area contributed by atoms with Crippen LogP contribution in [0.15, 0.2) is 28.7 Å². The zero-order chi connectivity index (χ0) is 25.8. The number of aliphatic carboxylic acids is 1. The lowest BCUT2D eigenvalue weighted by Crippen LogP contribution is -2.51. The molecule has 0 saturated heterocycles. The first-order valence-electron chi connectivity index (χ1n) is 11.2. The lowest BCUT2D eigenvalue weighted by Gasteiger charge is -2.37. The summed E-state index contributed by atoms with van der Waals surface area (Å²) in [5.74, 6) is -5.14. The molecule has 1 aliphatic heterocycles. The summed E-state index contributed by atoms with van der Waals surface area (Å²) in [4.78, 5) is 16.9. The number of carbonyl (C=O) groups is 1. The zero-order valence-corrected chi connectivity index (χ0v) is 19.4. The third-order valence-electron chi connectivity index (χ3n) is 5.73. The second kappa shape index (κ2) is 10.8. The Hall–Kier alpha value is -2.95. The summed E-state index contributed by atoms with van der Waals surface area (Å²) >= 11 is 0. The fourth-order valence-electron chi connectivity index (χ4n) is 3.91. The second-order valence-electron chi connectivity index (χ2n) is 8.37. The van der Waals surface area contributed by atoms with Crippen molar-refractivity contribution in [1.29, 1.82) is 0 Å². The third-order valence-corrected chi connectivity index (χ3v) is 5.73. The molecule has 1 aliphatic rings. The van der Waals surface area contributed by atoms with Crippen molar-refractivity contribution in [1.82, 2.24) is 9.88 Å². The summed E-state index contributed by atoms with van der Waals surface area (Å²) in [5.41, 5.74) is 1.40. The Labute approximate surface area is 199 Å². The van der Waals surface area contributed by atoms with Gasteiger partial charge in [-0.05, 0) is 49.1 Å². The number of carboxylic acids is 1. The molecule has 2 aromatic rings. The number of rotatable bonds is 10. The van der Waals surface area contributed by atoms with E-state index in [4.69, 9.17) is 9.15 Å². The van der Waals surface area contributed by atoms with Gasteiger partial charge in [-0.1, -0.05) is 25.5 Å². The summed E-state index contributed by atoms with van der Waals surface area (Å²) in [6.07, 6.45) is 0.436. The number of benzene rings is 1. The standard InChI is InChI=1S/C24H27F5N2O4/c1-3-4-5-6-20-30-19(15(2)35-20)10-12-34-17-8-7-16-9-11-31(14-23(25,26)24(27,28)29)21(22(32)33)18(16)13-17/h5-8,13,21H,3-4,9-12,14H2,1-2H3,(H,32,33)/b6-5+. The highest BCUT2D eigenvalue weighted by molar-refractivity contribution is 5.77. The van der Waals surface area contributed by atoms with Crippen LogP contribution in [-0.4, -0.2) is 52.8 Å². The Kier molecular flexibility index (Phi) is 8.19. The van der Waals surface area contributed by atoms with Crippen molar-refractivity contribution in [2.45, 2.75) is 57.7 Å². The normalized spacial score (nSPS) is 17.1. The number of alkyl halides is 5. The predicted octanol–water partition coefficient (Wildman–Crippen LogP) is 5.60. The molecule has 3 rings (SSSR count). The van der Waals surface area contributed by atoms with Crippen LogP contribution in [-0.2, 0) is 17.6 Å². The van der Waals surface area contributed by atoms with Gasteiger partial charge in [-0.3, -0.25) is 9.69 Å². The lowest BCUT2D eigenvalue weighted by atomic mass is 9.92. The molecule has 1 atom stereocenters. The molecule has 2 heterocycles. The number of aromatic nitrogens is 1. The average Bonchev–Trinajstić information content (AvgIpc) is 3.11. The Balaban J connectivity index is 1.71. The Morgan fingerprint density at radius 3 is 2.71 bits per heavy atom. The smallest absolute Gasteiger partial charge is 0.454 e. The van der Waals surface area contributed by atoms with Crippen LogP contribution in [0.25, 0.3) is 6.08 Å². The van der Waals surface area contributed by atoms with E-state index in [1.807, 2.05) is 6.08 Å². The van der Waals surface area contributed by atoms with Crippen LogP contribution in [0.3, 0.4) is 0 Å². The largest absolute Gasteiger partial charge is 0.493 e. The Morgan fingerprint density at radius 2 is 2.06 bits per heavy atom. The summed E-state index contributed by atoms with van der Waals surface area (Å²) < 4.78 is 76.7. The predicted molar refractivity (Wildman–Crippen MR) is 117 cm³/mol. The van der Waals surface area contributed by atoms with E-state index < -0.39 is 30.7 Å². The minimum absolute atomic E-state index is 0.139. The molecule has 1 N–H and O–H groups in total. The van der Waals surface area contributed by atoms with Gasteiger partial charge in [-0.2, -0.15) is 22.0 Å². The first kappa shape index (κ1) is 26.7. The van der Waals surface area contributed by atoms with Crippen molar-refractivity contribution >= 4 is 12.0 Å². The fraction of sp³-hybridized carbons (Fsp3) is 0.500. The first-order valence-corrected chi connectivity index (χ1v) is 11.2. The van der Waals surface area contributed by atoms with E-state index in [2.05, 4.69) is 11.9 Å². The molecule has 1 aromatic heterocycles. The SMILES string of the molecule is CCC/C=C/c1nc(CCOc2ccc3c(c2)C(C(=O)O)N(CC(F)(F)C(F)(F)F)CC3)c(C)o1. The van der Waals surface area contributed by atoms with Crippen LogP contribution in [0.5, 0.6) is 5.75 Å². The Morgan fingerprint density at radius 1 is 1.31 bits per heavy atom. The van der Waals surface area contributed by atoms with E-state index in [-0.39, 0.29) is 30.9 Å². The summed E-state index contributed by atoms with van der Waals surface area (Å²) in [6, 6.07) is 2.97. The van der Waals surface area contributed by atoms with Crippen molar-refractivity contribution in [2.24, 2.45) is 0 Å². The van der Waals surface area contributed by atoms with E-state index >= 15 is 0 Å². The van der Waals surface area contributed by atoms with Crippen LogP contribution in [0.1, 0.15) is 54.3 Å². The van der Waals surface area contributed by atoms with Crippen LogP contribution in [0, 0.1) is 6.92 Å². The van der Waals surface area contributed by atoms with E-state index in [1.54, 1.807) is 25.1 Å². The van der Waals surface area contributed by atoms with Crippen molar-refractivity contribution < 1.29 is 41.0 Å². The van der Waals surface area contributed by atoms with Crippen LogP contribution in [0.2, 0.25) is 0 Å². The van der Waals surface area contributed by atoms with Gasteiger partial charge in [0.15, 0.2) is 0 Å². The number of oxazole rings is 1. The number of carboxylic acid groups (broad SMARTS) is 1. The van der Waals surface area contributed by atoms with Crippen LogP contribution >= 0.6 is 0 Å². The topological polar surface area (TPSA) is 75.8 Å². The maximum atomic E-state index is 13.7. The van der Waals surface area contributed by atoms with E-state index in [9.17, 15) is 31.9 Å². The molecule has 0 radical (unpaired) electrons. The number of nitrogens with zero attached hydrogens (tertiary/aromatic N) is 2. The Bertz CT molecular complexity index is 1060. The van der Waals surface area contributed by atoms with Crippen molar-refractivity contribution in [3.63, 3.8) is 0 Å². The first-order chi connectivity index (χ1) is 16.4. The molecule has 11 heteroatoms. The van der Waals surface area contributed by atoms with Gasteiger partial charge in [0.2, 0.25) is 5.89 Å². The van der Waals surface area contributed by atoms with Gasteiger partial charge in [0.25, 0.3) is 0 Å². The highest BCUT2D eigenvalue weighted by Gasteiger charge is 2.59. The van der Waals surface area contributed by atoms with E-state index in [1.165, 1.54) is 6.07 Å². The molecular weight excluding hydrogens is 475 g/mol. The lowest BCUT2D eigenvalue weighted by molar-refractivity contribution is -0.288. The van der Waals surface area contributed by atoms with Gasteiger partial charge in [0, 0.05) is 13.0 Å². The summed E-state index contributed by atoms with van der Waals surface area (Å²) in [6.45, 7) is 2.04. The summed E-state index contributed by atoms with van der Waals surface area (Å²) in [5, 5.41) is 9.65. The number of allylic oxidation sites excluding steroid dienone is 1. The molecule has 0 amide bonds. The molecule has 0 fully saturated rings. The molecule has 0 spiro atoms. The minimum Gasteiger partial charge on any atom is -0.493 e. The molecule has 0 aliphatic carbocycles. The number of ether oxygens (including phenoxy) is 1. The average molecular weight is 502 g/mol. The van der Waals surface area contributed by atoms with Gasteiger partial charge >= 0.3 is 18.1 Å². The quantitative estimate of drug-likeness (QED) is 0.427. The molecule has 1 unspecified atom stereocenters. The number of hydrogen-bond acceptors (Lipinski definition) is 5. The van der Waals surface area contributed by atoms with Crippen molar-refractivity contribution in [3.05, 3.63) is 52.7 Å². The van der Waals surface area contributed by atoms with Gasteiger partial charge < -0.3 is 14.3 Å². The number of fused-ring (bicyclic) bond motifs is 1. The van der Waals surface area contributed by atoms with E-state index in [0.717, 1.165) is 12.8 Å². The summed E-state index contributed by atoms with van der Waals surface area (Å²) in [7, 11) is 0. The van der Waals surface area contributed by atoms with Gasteiger partial charge in [0.1, 0.15) is 17.6 Å². The number of unbranched alkanes of at least 4 members (excludes halogenated alkanes) is 1.